The molecule has 0 aromatic heterocycles. The lowest BCUT2D eigenvalue weighted by molar-refractivity contribution is 0.240. The summed E-state index contributed by atoms with van der Waals surface area (Å²) >= 11 is 12.7. The third kappa shape index (κ3) is 2.69. The van der Waals surface area contributed by atoms with Crippen molar-refractivity contribution in [3.8, 4) is 0 Å². The first kappa shape index (κ1) is 15.5. The van der Waals surface area contributed by atoms with Crippen LogP contribution in [-0.4, -0.2) is 18.0 Å². The Hall–Kier alpha value is -1.02. The van der Waals surface area contributed by atoms with Crippen LogP contribution in [0, 0.1) is 5.41 Å². The van der Waals surface area contributed by atoms with Gasteiger partial charge in [0.1, 0.15) is 0 Å². The Balaban J connectivity index is 1.63. The van der Waals surface area contributed by atoms with Crippen LogP contribution in [0.3, 0.4) is 0 Å². The Morgan fingerprint density at radius 2 is 1.91 bits per heavy atom. The maximum Gasteiger partial charge on any atom is 0.0627 e. The minimum absolute atomic E-state index is 0.346. The van der Waals surface area contributed by atoms with E-state index in [2.05, 4.69) is 48.2 Å². The number of fused-ring (bicyclic) bond motifs is 3. The molecule has 4 rings (SSSR count). The molecule has 2 aromatic carbocycles. The molecule has 0 radical (unpaired) electrons. The number of rotatable bonds is 2. The van der Waals surface area contributed by atoms with E-state index in [4.69, 9.17) is 23.2 Å². The smallest absolute Gasteiger partial charge is 0.0627 e. The first-order valence-electron chi connectivity index (χ1n) is 8.30. The van der Waals surface area contributed by atoms with Crippen LogP contribution in [0.4, 0.5) is 0 Å². The van der Waals surface area contributed by atoms with Crippen LogP contribution in [0.1, 0.15) is 36.0 Å². The lowest BCUT2D eigenvalue weighted by Crippen LogP contribution is -2.30. The van der Waals surface area contributed by atoms with Crippen molar-refractivity contribution in [1.29, 1.82) is 0 Å². The van der Waals surface area contributed by atoms with E-state index < -0.39 is 0 Å². The van der Waals surface area contributed by atoms with E-state index in [1.54, 1.807) is 0 Å². The zero-order chi connectivity index (χ0) is 16.0. The van der Waals surface area contributed by atoms with Crippen molar-refractivity contribution < 1.29 is 0 Å². The number of hydrogen-bond acceptors (Lipinski definition) is 1. The van der Waals surface area contributed by atoms with Gasteiger partial charge in [-0.15, -0.1) is 0 Å². The molecule has 0 unspecified atom stereocenters. The van der Waals surface area contributed by atoms with Gasteiger partial charge in [-0.2, -0.15) is 0 Å². The molecule has 0 spiro atoms. The molecule has 1 fully saturated rings. The third-order valence-electron chi connectivity index (χ3n) is 5.67. The summed E-state index contributed by atoms with van der Waals surface area (Å²) in [6.07, 6.45) is 2.23. The molecule has 0 N–H and O–H groups in total. The van der Waals surface area contributed by atoms with Crippen LogP contribution in [-0.2, 0) is 13.0 Å². The summed E-state index contributed by atoms with van der Waals surface area (Å²) in [5.41, 5.74) is 4.44. The molecule has 1 heterocycles. The van der Waals surface area contributed by atoms with Crippen molar-refractivity contribution in [3.63, 3.8) is 0 Å². The molecular formula is C20H21Cl2N. The molecule has 0 amide bonds. The second kappa shape index (κ2) is 5.81. The molecule has 1 aliphatic carbocycles. The van der Waals surface area contributed by atoms with Gasteiger partial charge in [0.15, 0.2) is 0 Å². The van der Waals surface area contributed by atoms with Gasteiger partial charge >= 0.3 is 0 Å². The summed E-state index contributed by atoms with van der Waals surface area (Å²) in [5.74, 6) is 0.560. The Bertz CT molecular complexity index is 728. The highest BCUT2D eigenvalue weighted by Crippen LogP contribution is 2.52. The highest BCUT2D eigenvalue weighted by molar-refractivity contribution is 6.42. The summed E-state index contributed by atoms with van der Waals surface area (Å²) in [6, 6.07) is 14.9. The molecule has 2 aliphatic rings. The van der Waals surface area contributed by atoms with Gasteiger partial charge in [-0.05, 0) is 41.0 Å². The summed E-state index contributed by atoms with van der Waals surface area (Å²) in [5, 5.41) is 1.46. The Labute approximate surface area is 148 Å². The van der Waals surface area contributed by atoms with Crippen molar-refractivity contribution >= 4 is 23.2 Å². The zero-order valence-corrected chi connectivity index (χ0v) is 14.9. The lowest BCUT2D eigenvalue weighted by Gasteiger charge is -2.37. The van der Waals surface area contributed by atoms with E-state index in [9.17, 15) is 0 Å². The largest absolute Gasteiger partial charge is 0.298 e. The van der Waals surface area contributed by atoms with E-state index in [1.165, 1.54) is 23.1 Å². The van der Waals surface area contributed by atoms with Crippen LogP contribution in [0.25, 0.3) is 0 Å². The molecule has 0 bridgehead atoms. The van der Waals surface area contributed by atoms with Crippen LogP contribution >= 0.6 is 23.2 Å². The van der Waals surface area contributed by atoms with Crippen LogP contribution in [0.2, 0.25) is 10.0 Å². The van der Waals surface area contributed by atoms with Crippen molar-refractivity contribution in [3.05, 3.63) is 69.2 Å². The van der Waals surface area contributed by atoms with E-state index in [-0.39, 0.29) is 0 Å². The summed E-state index contributed by atoms with van der Waals surface area (Å²) in [4.78, 5) is 2.59. The fraction of sp³-hybridized carbons (Fsp3) is 0.400. The van der Waals surface area contributed by atoms with Gasteiger partial charge in [0.2, 0.25) is 0 Å². The predicted molar refractivity (Wildman–Crippen MR) is 97.4 cm³/mol. The van der Waals surface area contributed by atoms with Gasteiger partial charge in [-0.3, -0.25) is 4.90 Å². The molecule has 23 heavy (non-hydrogen) atoms. The van der Waals surface area contributed by atoms with Crippen molar-refractivity contribution in [1.82, 2.24) is 4.90 Å². The Kier molecular flexibility index (Phi) is 3.91. The minimum atomic E-state index is 0.346. The van der Waals surface area contributed by atoms with Gasteiger partial charge in [0.25, 0.3) is 0 Å². The summed E-state index contributed by atoms with van der Waals surface area (Å²) in [6.45, 7) is 5.74. The fourth-order valence-corrected chi connectivity index (χ4v) is 4.90. The number of benzene rings is 2. The van der Waals surface area contributed by atoms with E-state index in [0.717, 1.165) is 31.1 Å². The van der Waals surface area contributed by atoms with Crippen molar-refractivity contribution in [2.24, 2.45) is 5.41 Å². The number of nitrogens with zero attached hydrogens (tertiary/aromatic N) is 1. The van der Waals surface area contributed by atoms with Crippen molar-refractivity contribution in [2.75, 3.05) is 13.1 Å². The van der Waals surface area contributed by atoms with Crippen molar-refractivity contribution in [2.45, 2.75) is 32.2 Å². The monoisotopic (exact) mass is 345 g/mol. The van der Waals surface area contributed by atoms with Crippen LogP contribution in [0.15, 0.2) is 42.5 Å². The van der Waals surface area contributed by atoms with Gasteiger partial charge in [-0.1, -0.05) is 66.5 Å². The normalized spacial score (nSPS) is 26.8. The lowest BCUT2D eigenvalue weighted by atomic mass is 9.67. The number of hydrogen-bond donors (Lipinski definition) is 0. The predicted octanol–water partition coefficient (Wildman–Crippen LogP) is 5.55. The quantitative estimate of drug-likeness (QED) is 0.690. The highest BCUT2D eigenvalue weighted by Gasteiger charge is 2.46. The second-order valence-electron chi connectivity index (χ2n) is 7.29. The minimum Gasteiger partial charge on any atom is -0.298 e. The average molecular weight is 346 g/mol. The molecule has 3 heteroatoms. The molecule has 1 saturated heterocycles. The van der Waals surface area contributed by atoms with E-state index in [0.29, 0.717) is 16.4 Å². The topological polar surface area (TPSA) is 3.24 Å². The van der Waals surface area contributed by atoms with Gasteiger partial charge in [0.05, 0.1) is 10.0 Å². The Morgan fingerprint density at radius 1 is 1.13 bits per heavy atom. The zero-order valence-electron chi connectivity index (χ0n) is 13.4. The van der Waals surface area contributed by atoms with Gasteiger partial charge in [-0.25, -0.2) is 0 Å². The van der Waals surface area contributed by atoms with E-state index >= 15 is 0 Å². The van der Waals surface area contributed by atoms with Gasteiger partial charge < -0.3 is 0 Å². The molecule has 1 aliphatic heterocycles. The SMILES string of the molecule is C[C@]12CCc3c(ccc(Cl)c3Cl)[C@@H]1CN(Cc1ccccc1)C2. The van der Waals surface area contributed by atoms with Crippen LogP contribution in [0.5, 0.6) is 0 Å². The first-order valence-corrected chi connectivity index (χ1v) is 9.05. The number of likely N-dealkylation sites (tertiary alicyclic amines) is 1. The molecule has 2 atom stereocenters. The fourth-order valence-electron chi connectivity index (χ4n) is 4.45. The standard InChI is InChI=1S/C20H21Cl2N/c1-20-10-9-16-15(7-8-18(21)19(16)22)17(20)12-23(13-20)11-14-5-3-2-4-6-14/h2-8,17H,9-13H2,1H3/t17-,20+/m0/s1. The highest BCUT2D eigenvalue weighted by atomic mass is 35.5. The average Bonchev–Trinajstić information content (AvgIpc) is 2.88. The molecule has 120 valence electrons. The molecule has 2 aromatic rings. The molecule has 0 saturated carbocycles. The second-order valence-corrected chi connectivity index (χ2v) is 8.08. The van der Waals surface area contributed by atoms with Gasteiger partial charge in [0, 0.05) is 25.6 Å². The Morgan fingerprint density at radius 3 is 2.70 bits per heavy atom. The number of halogens is 2. The molecular weight excluding hydrogens is 325 g/mol. The summed E-state index contributed by atoms with van der Waals surface area (Å²) in [7, 11) is 0. The maximum absolute atomic E-state index is 6.47. The van der Waals surface area contributed by atoms with E-state index in [1.807, 2.05) is 6.07 Å². The third-order valence-corrected chi connectivity index (χ3v) is 6.51. The molecule has 1 nitrogen and oxygen atoms in total. The van der Waals surface area contributed by atoms with Crippen LogP contribution < -0.4 is 0 Å². The first-order chi connectivity index (χ1) is 11.1. The summed E-state index contributed by atoms with van der Waals surface area (Å²) < 4.78 is 0. The maximum atomic E-state index is 6.47.